The van der Waals surface area contributed by atoms with Crippen LogP contribution in [0.15, 0.2) is 53.0 Å². The molecule has 420 valence electrons. The van der Waals surface area contributed by atoms with E-state index in [1.807, 2.05) is 71.9 Å². The van der Waals surface area contributed by atoms with E-state index in [4.69, 9.17) is 19.1 Å². The van der Waals surface area contributed by atoms with Crippen LogP contribution in [0.4, 0.5) is 0 Å². The van der Waals surface area contributed by atoms with E-state index in [2.05, 4.69) is 56.8 Å². The van der Waals surface area contributed by atoms with Crippen LogP contribution in [0.2, 0.25) is 32.2 Å². The fourth-order valence-electron chi connectivity index (χ4n) is 10.3. The zero-order valence-corrected chi connectivity index (χ0v) is 50.6. The number of aromatic nitrogens is 2. The summed E-state index contributed by atoms with van der Waals surface area (Å²) in [5.74, 6) is -2.73. The van der Waals surface area contributed by atoms with Gasteiger partial charge in [0.15, 0.2) is 21.8 Å². The summed E-state index contributed by atoms with van der Waals surface area (Å²) in [6.45, 7) is 24.4. The molecule has 0 saturated carbocycles. The number of aliphatic hydroxyl groups is 1. The Morgan fingerprint density at radius 2 is 1.56 bits per heavy atom. The van der Waals surface area contributed by atoms with E-state index in [9.17, 15) is 29.1 Å². The van der Waals surface area contributed by atoms with E-state index in [-0.39, 0.29) is 60.8 Å². The largest absolute Gasteiger partial charge is 0.455 e. The number of ether oxygens (including phenoxy) is 2. The first-order valence-electron chi connectivity index (χ1n) is 26.6. The summed E-state index contributed by atoms with van der Waals surface area (Å²) in [6, 6.07) is 6.61. The van der Waals surface area contributed by atoms with Gasteiger partial charge in [0.25, 0.3) is 0 Å². The minimum absolute atomic E-state index is 0.0318. The summed E-state index contributed by atoms with van der Waals surface area (Å²) < 4.78 is 18.9. The lowest BCUT2D eigenvalue weighted by Gasteiger charge is -2.41. The SMILES string of the molecule is CC[C@@H](C)[C@H]([C@H](CC(=O)N1CCC[C@@H]1[C@@H](OC)[C@H](C)C(=O)N[C@@H](C)[C@H](O)c1ccccc1)OC)N(C)C(=O)C(NC(=O)[C@@H](C(C)C)N(C)C(=O)CCC[Si](C)(C)O[Si](C)(C)CSc1ncc(CN=[N+]=[N-])cn1)C(C)C. The molecule has 1 saturated heterocycles. The highest BCUT2D eigenvalue weighted by Crippen LogP contribution is 2.31. The molecule has 0 bridgehead atoms. The predicted octanol–water partition coefficient (Wildman–Crippen LogP) is 7.91. The molecule has 19 nitrogen and oxygen atoms in total. The molecule has 1 aliphatic heterocycles. The van der Waals surface area contributed by atoms with Crippen molar-refractivity contribution >= 4 is 57.9 Å². The predicted molar refractivity (Wildman–Crippen MR) is 299 cm³/mol. The number of likely N-dealkylation sites (N-methyl/N-ethyl adjacent to an activating group) is 2. The molecule has 2 aromatic rings. The molecule has 0 aliphatic carbocycles. The second-order valence-corrected chi connectivity index (χ2v) is 32.4. The number of methoxy groups -OCH3 is 2. The van der Waals surface area contributed by atoms with Gasteiger partial charge in [0.05, 0.1) is 55.3 Å². The van der Waals surface area contributed by atoms with Crippen molar-refractivity contribution in [3.63, 3.8) is 0 Å². The highest BCUT2D eigenvalue weighted by atomic mass is 32.2. The average molecular weight is 1100 g/mol. The molecular formula is C53H90N10O9SSi2. The van der Waals surface area contributed by atoms with E-state index >= 15 is 0 Å². The van der Waals surface area contributed by atoms with Crippen molar-refractivity contribution in [3.05, 3.63) is 64.3 Å². The summed E-state index contributed by atoms with van der Waals surface area (Å²) in [4.78, 5) is 87.4. The molecule has 1 aromatic carbocycles. The normalized spacial score (nSPS) is 17.7. The number of carbonyl (C=O) groups is 5. The molecule has 1 fully saturated rings. The Morgan fingerprint density at radius 1 is 0.920 bits per heavy atom. The van der Waals surface area contributed by atoms with Crippen molar-refractivity contribution < 1.29 is 42.7 Å². The number of carbonyl (C=O) groups excluding carboxylic acids is 5. The van der Waals surface area contributed by atoms with Gasteiger partial charge in [0, 0.05) is 64.0 Å². The first-order chi connectivity index (χ1) is 35.2. The van der Waals surface area contributed by atoms with Crippen molar-refractivity contribution in [3.8, 4) is 0 Å². The Balaban J connectivity index is 1.67. The van der Waals surface area contributed by atoms with Gasteiger partial charge in [0.1, 0.15) is 12.1 Å². The van der Waals surface area contributed by atoms with Gasteiger partial charge >= 0.3 is 0 Å². The van der Waals surface area contributed by atoms with Crippen molar-refractivity contribution in [1.82, 2.24) is 35.3 Å². The Hall–Kier alpha value is -4.42. The van der Waals surface area contributed by atoms with Crippen LogP contribution >= 0.6 is 11.8 Å². The third-order valence-corrected chi connectivity index (χ3v) is 24.3. The Labute approximate surface area is 453 Å². The average Bonchev–Trinajstić information content (AvgIpc) is 3.85. The van der Waals surface area contributed by atoms with Gasteiger partial charge in [0.2, 0.25) is 29.5 Å². The first-order valence-corrected chi connectivity index (χ1v) is 33.8. The van der Waals surface area contributed by atoms with E-state index in [1.165, 1.54) is 16.7 Å². The second kappa shape index (κ2) is 30.5. The van der Waals surface area contributed by atoms with E-state index in [0.29, 0.717) is 36.5 Å². The number of nitrogens with one attached hydrogen (secondary N) is 2. The minimum Gasteiger partial charge on any atom is -0.455 e. The Bertz CT molecular complexity index is 2190. The zero-order valence-electron chi connectivity index (χ0n) is 47.7. The van der Waals surface area contributed by atoms with Crippen LogP contribution in [-0.2, 0) is 44.1 Å². The quantitative estimate of drug-likeness (QED) is 0.0163. The number of aliphatic hydroxyl groups excluding tert-OH is 1. The van der Waals surface area contributed by atoms with Gasteiger partial charge in [-0.15, -0.1) is 0 Å². The Kier molecular flexibility index (Phi) is 26.4. The molecule has 3 N–H and O–H groups in total. The molecule has 5 amide bonds. The number of likely N-dealkylation sites (tertiary alicyclic amines) is 1. The maximum Gasteiger partial charge on any atom is 0.245 e. The highest BCUT2D eigenvalue weighted by Gasteiger charge is 2.44. The van der Waals surface area contributed by atoms with Gasteiger partial charge in [-0.25, -0.2) is 9.97 Å². The summed E-state index contributed by atoms with van der Waals surface area (Å²) >= 11 is 1.54. The third-order valence-electron chi connectivity index (χ3n) is 14.5. The first kappa shape index (κ1) is 64.9. The maximum absolute atomic E-state index is 14.7. The standard InChI is InChI=1S/C53H90N10O9SSi2/c1-17-36(6)47(42(70-11)29-44(65)63-27-21-25-41(63)49(71-12)37(7)50(67)58-38(8)48(66)40-23-19-18-20-24-40)62(10)52(69)45(34(2)3)59-51(68)46(35(4)5)61(9)43(64)26-22-28-74(13,14)72-75(15,16)33-73-53-55-30-39(31-56-53)32-57-60-54/h18-20,23-24,30-31,34-38,41-42,45-49,66H,17,21-22,25-29,32-33H2,1-16H3,(H,58,67)(H,59,68)/t36-,37+,38+,41-,42+,45?,46-,47-,48+,49+/m1/s1. The Morgan fingerprint density at radius 3 is 2.12 bits per heavy atom. The van der Waals surface area contributed by atoms with Crippen LogP contribution in [0, 0.1) is 23.7 Å². The lowest BCUT2D eigenvalue weighted by Crippen LogP contribution is -2.60. The molecular weight excluding hydrogens is 1010 g/mol. The molecule has 0 spiro atoms. The van der Waals surface area contributed by atoms with E-state index in [0.717, 1.165) is 23.4 Å². The van der Waals surface area contributed by atoms with Gasteiger partial charge in [-0.3, -0.25) is 24.0 Å². The lowest BCUT2D eigenvalue weighted by molar-refractivity contribution is -0.148. The summed E-state index contributed by atoms with van der Waals surface area (Å²) in [7, 11) is 2.07. The zero-order chi connectivity index (χ0) is 56.4. The lowest BCUT2D eigenvalue weighted by atomic mass is 9.89. The maximum atomic E-state index is 14.7. The number of thioether (sulfide) groups is 1. The highest BCUT2D eigenvalue weighted by molar-refractivity contribution is 8.00. The van der Waals surface area contributed by atoms with Crippen LogP contribution in [0.3, 0.4) is 0 Å². The van der Waals surface area contributed by atoms with E-state index < -0.39 is 77.0 Å². The molecule has 1 unspecified atom stereocenters. The van der Waals surface area contributed by atoms with Crippen LogP contribution < -0.4 is 10.6 Å². The third kappa shape index (κ3) is 19.2. The summed E-state index contributed by atoms with van der Waals surface area (Å²) in [5, 5.41) is 21.9. The molecule has 75 heavy (non-hydrogen) atoms. The van der Waals surface area contributed by atoms with Crippen LogP contribution in [-0.4, -0.2) is 159 Å². The van der Waals surface area contributed by atoms with Crippen LogP contribution in [0.25, 0.3) is 10.4 Å². The van der Waals surface area contributed by atoms with Crippen LogP contribution in [0.1, 0.15) is 111 Å². The molecule has 3 rings (SSSR count). The molecule has 22 heteroatoms. The van der Waals surface area contributed by atoms with Crippen molar-refractivity contribution in [2.75, 3.05) is 40.2 Å². The smallest absolute Gasteiger partial charge is 0.245 e. The second-order valence-electron chi connectivity index (χ2n) is 22.2. The monoisotopic (exact) mass is 1100 g/mol. The summed E-state index contributed by atoms with van der Waals surface area (Å²) in [6.07, 6.45) is 3.93. The molecule has 1 aromatic heterocycles. The number of hydrogen-bond donors (Lipinski definition) is 3. The van der Waals surface area contributed by atoms with Gasteiger partial charge in [-0.2, -0.15) is 0 Å². The number of benzene rings is 1. The number of hydrogen-bond acceptors (Lipinski definition) is 13. The molecule has 2 heterocycles. The van der Waals surface area contributed by atoms with Crippen LogP contribution in [0.5, 0.6) is 0 Å². The number of azide groups is 1. The summed E-state index contributed by atoms with van der Waals surface area (Å²) in [5.41, 5.74) is 10.0. The van der Waals surface area contributed by atoms with E-state index in [1.54, 1.807) is 64.4 Å². The minimum atomic E-state index is -2.20. The fourth-order valence-corrected chi connectivity index (χ4v) is 20.6. The van der Waals surface area contributed by atoms with Crippen molar-refractivity contribution in [2.24, 2.45) is 28.8 Å². The number of rotatable bonds is 31. The molecule has 0 radical (unpaired) electrons. The number of amides is 5. The number of nitrogens with zero attached hydrogens (tertiary/aromatic N) is 8. The fraction of sp³-hybridized carbons (Fsp3) is 0.717. The van der Waals surface area contributed by atoms with Crippen molar-refractivity contribution in [2.45, 2.75) is 186 Å². The molecule has 10 atom stereocenters. The topological polar surface area (TPSA) is 242 Å². The van der Waals surface area contributed by atoms with Gasteiger partial charge in [-0.1, -0.05) is 102 Å². The van der Waals surface area contributed by atoms with Crippen molar-refractivity contribution in [1.29, 1.82) is 0 Å². The molecule has 1 aliphatic rings. The van der Waals surface area contributed by atoms with Gasteiger partial charge < -0.3 is 44.0 Å². The van der Waals surface area contributed by atoms with Gasteiger partial charge in [-0.05, 0) is 92.8 Å².